The van der Waals surface area contributed by atoms with Crippen LogP contribution >= 0.6 is 0 Å². The van der Waals surface area contributed by atoms with Crippen LogP contribution in [-0.2, 0) is 9.59 Å². The summed E-state index contributed by atoms with van der Waals surface area (Å²) >= 11 is 0. The predicted molar refractivity (Wildman–Crippen MR) is 105 cm³/mol. The Hall–Kier alpha value is -3.35. The second-order valence-corrected chi connectivity index (χ2v) is 6.72. The molecular weight excluding hydrogens is 360 g/mol. The topological polar surface area (TPSA) is 105 Å². The number of anilines is 1. The van der Waals surface area contributed by atoms with E-state index in [-0.39, 0.29) is 23.1 Å². The second-order valence-electron chi connectivity index (χ2n) is 6.72. The van der Waals surface area contributed by atoms with Gasteiger partial charge in [-0.25, -0.2) is 4.79 Å². The lowest BCUT2D eigenvalue weighted by Crippen LogP contribution is -2.37. The molecule has 7 heteroatoms. The Labute approximate surface area is 163 Å². The third kappa shape index (κ3) is 5.57. The van der Waals surface area contributed by atoms with Gasteiger partial charge < -0.3 is 20.5 Å². The Kier molecular flexibility index (Phi) is 7.14. The number of carboxylic acids is 1. The predicted octanol–water partition coefficient (Wildman–Crippen LogP) is 3.24. The van der Waals surface area contributed by atoms with Gasteiger partial charge in [0.25, 0.3) is 5.91 Å². The van der Waals surface area contributed by atoms with Gasteiger partial charge in [0, 0.05) is 18.2 Å². The van der Waals surface area contributed by atoms with Crippen LogP contribution in [0.4, 0.5) is 5.69 Å². The fourth-order valence-corrected chi connectivity index (χ4v) is 2.70. The first-order valence-corrected chi connectivity index (χ1v) is 8.88. The van der Waals surface area contributed by atoms with Crippen LogP contribution in [0, 0.1) is 5.92 Å². The highest BCUT2D eigenvalue weighted by molar-refractivity contribution is 5.99. The quantitative estimate of drug-likeness (QED) is 0.648. The van der Waals surface area contributed by atoms with Gasteiger partial charge in [0.05, 0.1) is 7.11 Å². The summed E-state index contributed by atoms with van der Waals surface area (Å²) in [5.74, 6) is -1.50. The lowest BCUT2D eigenvalue weighted by molar-refractivity contribution is -0.127. The number of benzene rings is 2. The van der Waals surface area contributed by atoms with Crippen LogP contribution in [0.5, 0.6) is 5.75 Å². The Bertz CT molecular complexity index is 849. The van der Waals surface area contributed by atoms with Gasteiger partial charge in [0.1, 0.15) is 17.4 Å². The molecule has 28 heavy (non-hydrogen) atoms. The number of carbonyl (C=O) groups excluding carboxylic acids is 2. The second kappa shape index (κ2) is 9.55. The molecule has 0 heterocycles. The number of amides is 2. The molecule has 0 bridgehead atoms. The van der Waals surface area contributed by atoms with Crippen molar-refractivity contribution in [3.63, 3.8) is 0 Å². The summed E-state index contributed by atoms with van der Waals surface area (Å²) in [5.41, 5.74) is 1.00. The largest absolute Gasteiger partial charge is 0.496 e. The summed E-state index contributed by atoms with van der Waals surface area (Å²) in [7, 11) is 1.35. The van der Waals surface area contributed by atoms with Crippen LogP contribution in [0.2, 0.25) is 0 Å². The van der Waals surface area contributed by atoms with E-state index in [2.05, 4.69) is 10.6 Å². The third-order valence-electron chi connectivity index (χ3n) is 3.99. The Balaban J connectivity index is 2.25. The Morgan fingerprint density at radius 2 is 1.75 bits per heavy atom. The van der Waals surface area contributed by atoms with Crippen LogP contribution in [0.25, 0.3) is 0 Å². The molecule has 3 N–H and O–H groups in total. The van der Waals surface area contributed by atoms with Gasteiger partial charge in [-0.2, -0.15) is 0 Å². The molecule has 1 unspecified atom stereocenters. The van der Waals surface area contributed by atoms with Gasteiger partial charge in [-0.3, -0.25) is 9.59 Å². The SMILES string of the molecule is COc1cc(NC(=O)C(NC(=O)CC(C)C)c2ccccc2)ccc1C(=O)O. The molecule has 0 aliphatic rings. The minimum Gasteiger partial charge on any atom is -0.496 e. The zero-order valence-corrected chi connectivity index (χ0v) is 16.1. The van der Waals surface area contributed by atoms with E-state index in [0.717, 1.165) is 0 Å². The number of carbonyl (C=O) groups is 3. The molecule has 7 nitrogen and oxygen atoms in total. The van der Waals surface area contributed by atoms with E-state index < -0.39 is 17.9 Å². The van der Waals surface area contributed by atoms with E-state index in [1.807, 2.05) is 19.9 Å². The van der Waals surface area contributed by atoms with E-state index in [1.54, 1.807) is 24.3 Å². The molecule has 0 aliphatic carbocycles. The Morgan fingerprint density at radius 1 is 1.07 bits per heavy atom. The van der Waals surface area contributed by atoms with Gasteiger partial charge in [0.2, 0.25) is 5.91 Å². The molecule has 2 amide bonds. The van der Waals surface area contributed by atoms with Crippen molar-refractivity contribution >= 4 is 23.5 Å². The van der Waals surface area contributed by atoms with Crippen molar-refractivity contribution in [3.8, 4) is 5.75 Å². The highest BCUT2D eigenvalue weighted by atomic mass is 16.5. The molecule has 148 valence electrons. The first kappa shape index (κ1) is 21.0. The molecule has 0 spiro atoms. The number of rotatable bonds is 8. The molecule has 2 aromatic carbocycles. The number of hydrogen-bond donors (Lipinski definition) is 3. The molecule has 2 aromatic rings. The van der Waals surface area contributed by atoms with E-state index in [1.165, 1.54) is 25.3 Å². The highest BCUT2D eigenvalue weighted by Crippen LogP contribution is 2.24. The third-order valence-corrected chi connectivity index (χ3v) is 3.99. The van der Waals surface area contributed by atoms with Crippen LogP contribution < -0.4 is 15.4 Å². The summed E-state index contributed by atoms with van der Waals surface area (Å²) in [6.07, 6.45) is 0.303. The van der Waals surface area contributed by atoms with Gasteiger partial charge >= 0.3 is 5.97 Å². The van der Waals surface area contributed by atoms with Crippen LogP contribution in [0.15, 0.2) is 48.5 Å². The van der Waals surface area contributed by atoms with E-state index >= 15 is 0 Å². The van der Waals surface area contributed by atoms with Crippen molar-refractivity contribution in [2.75, 3.05) is 12.4 Å². The first-order chi connectivity index (χ1) is 13.3. The van der Waals surface area contributed by atoms with Crippen molar-refractivity contribution in [1.82, 2.24) is 5.32 Å². The maximum atomic E-state index is 12.9. The van der Waals surface area contributed by atoms with E-state index in [0.29, 0.717) is 17.7 Å². The van der Waals surface area contributed by atoms with E-state index in [9.17, 15) is 14.4 Å². The molecule has 0 saturated heterocycles. The number of hydrogen-bond acceptors (Lipinski definition) is 4. The summed E-state index contributed by atoms with van der Waals surface area (Å²) in [5, 5.41) is 14.6. The fourth-order valence-electron chi connectivity index (χ4n) is 2.70. The Morgan fingerprint density at radius 3 is 2.32 bits per heavy atom. The maximum absolute atomic E-state index is 12.9. The highest BCUT2D eigenvalue weighted by Gasteiger charge is 2.23. The first-order valence-electron chi connectivity index (χ1n) is 8.88. The van der Waals surface area contributed by atoms with Crippen molar-refractivity contribution < 1.29 is 24.2 Å². The monoisotopic (exact) mass is 384 g/mol. The van der Waals surface area contributed by atoms with Crippen molar-refractivity contribution in [2.45, 2.75) is 26.3 Å². The minimum atomic E-state index is -1.13. The number of methoxy groups -OCH3 is 1. The minimum absolute atomic E-state index is 0.00894. The zero-order valence-electron chi connectivity index (χ0n) is 16.1. The lowest BCUT2D eigenvalue weighted by Gasteiger charge is -2.20. The van der Waals surface area contributed by atoms with Gasteiger partial charge in [-0.05, 0) is 23.6 Å². The van der Waals surface area contributed by atoms with E-state index in [4.69, 9.17) is 9.84 Å². The molecule has 0 fully saturated rings. The average Bonchev–Trinajstić information content (AvgIpc) is 2.65. The smallest absolute Gasteiger partial charge is 0.339 e. The van der Waals surface area contributed by atoms with Crippen LogP contribution in [0.3, 0.4) is 0 Å². The van der Waals surface area contributed by atoms with Crippen molar-refractivity contribution in [1.29, 1.82) is 0 Å². The number of ether oxygens (including phenoxy) is 1. The molecule has 0 aliphatic heterocycles. The molecule has 0 saturated carbocycles. The molecule has 2 rings (SSSR count). The summed E-state index contributed by atoms with van der Waals surface area (Å²) < 4.78 is 5.08. The van der Waals surface area contributed by atoms with Gasteiger partial charge in [-0.15, -0.1) is 0 Å². The number of nitrogens with one attached hydrogen (secondary N) is 2. The average molecular weight is 384 g/mol. The standard InChI is InChI=1S/C21H24N2O5/c1-13(2)11-18(24)23-19(14-7-5-4-6-8-14)20(25)22-15-9-10-16(21(26)27)17(12-15)28-3/h4-10,12-13,19H,11H2,1-3H3,(H,22,25)(H,23,24)(H,26,27). The molecule has 0 aromatic heterocycles. The molecule has 1 atom stereocenters. The van der Waals surface area contributed by atoms with Crippen molar-refractivity contribution in [2.24, 2.45) is 5.92 Å². The summed E-state index contributed by atoms with van der Waals surface area (Å²) in [6.45, 7) is 3.85. The van der Waals surface area contributed by atoms with Gasteiger partial charge in [-0.1, -0.05) is 44.2 Å². The number of carboxylic acid groups (broad SMARTS) is 1. The maximum Gasteiger partial charge on any atom is 0.339 e. The van der Waals surface area contributed by atoms with Crippen molar-refractivity contribution in [3.05, 3.63) is 59.7 Å². The van der Waals surface area contributed by atoms with Crippen LogP contribution in [-0.4, -0.2) is 30.0 Å². The summed E-state index contributed by atoms with van der Waals surface area (Å²) in [4.78, 5) is 36.3. The van der Waals surface area contributed by atoms with Crippen LogP contribution in [0.1, 0.15) is 42.2 Å². The number of aromatic carboxylic acids is 1. The lowest BCUT2D eigenvalue weighted by atomic mass is 10.0. The fraction of sp³-hybridized carbons (Fsp3) is 0.286. The van der Waals surface area contributed by atoms with Gasteiger partial charge in [0.15, 0.2) is 0 Å². The normalized spacial score (nSPS) is 11.6. The summed E-state index contributed by atoms with van der Waals surface area (Å²) in [6, 6.07) is 12.3. The molecular formula is C21H24N2O5. The molecule has 0 radical (unpaired) electrons. The zero-order chi connectivity index (χ0) is 20.7.